The summed E-state index contributed by atoms with van der Waals surface area (Å²) in [4.78, 5) is 9.17. The van der Waals surface area contributed by atoms with Gasteiger partial charge in [0.1, 0.15) is 5.82 Å². The molecule has 1 aromatic carbocycles. The first kappa shape index (κ1) is 12.8. The summed E-state index contributed by atoms with van der Waals surface area (Å²) in [5.41, 5.74) is 5.19. The van der Waals surface area contributed by atoms with Crippen molar-refractivity contribution < 1.29 is 0 Å². The molecule has 21 heavy (non-hydrogen) atoms. The molecule has 0 saturated carbocycles. The van der Waals surface area contributed by atoms with Gasteiger partial charge in [-0.15, -0.1) is 0 Å². The molecule has 2 N–H and O–H groups in total. The van der Waals surface area contributed by atoms with E-state index in [4.69, 9.17) is 4.98 Å². The second-order valence-corrected chi connectivity index (χ2v) is 5.92. The average Bonchev–Trinajstić information content (AvgIpc) is 3.18. The summed E-state index contributed by atoms with van der Waals surface area (Å²) >= 11 is 0. The zero-order valence-electron chi connectivity index (χ0n) is 12.1. The zero-order chi connectivity index (χ0) is 14.1. The van der Waals surface area contributed by atoms with Gasteiger partial charge in [0.05, 0.1) is 18.1 Å². The Morgan fingerprint density at radius 2 is 2.19 bits per heavy atom. The summed E-state index contributed by atoms with van der Waals surface area (Å²) in [6.45, 7) is 2.09. The highest BCUT2D eigenvalue weighted by Crippen LogP contribution is 2.31. The van der Waals surface area contributed by atoms with Crippen molar-refractivity contribution in [2.45, 2.75) is 31.7 Å². The van der Waals surface area contributed by atoms with Crippen molar-refractivity contribution in [3.63, 3.8) is 0 Å². The lowest BCUT2D eigenvalue weighted by Gasteiger charge is -2.13. The minimum absolute atomic E-state index is 0.469. The molecule has 0 bridgehead atoms. The molecule has 1 aliphatic heterocycles. The topological polar surface area (TPSA) is 49.8 Å². The third-order valence-corrected chi connectivity index (χ3v) is 4.47. The molecule has 1 unspecified atom stereocenters. The van der Waals surface area contributed by atoms with Crippen molar-refractivity contribution in [1.29, 1.82) is 0 Å². The number of hydrogen-bond donors (Lipinski definition) is 2. The van der Waals surface area contributed by atoms with Crippen LogP contribution in [-0.2, 0) is 12.8 Å². The molecule has 4 rings (SSSR count). The van der Waals surface area contributed by atoms with Crippen molar-refractivity contribution in [3.8, 4) is 11.3 Å². The molecule has 1 fully saturated rings. The Morgan fingerprint density at radius 1 is 1.19 bits per heavy atom. The van der Waals surface area contributed by atoms with Crippen molar-refractivity contribution in [3.05, 3.63) is 41.7 Å². The van der Waals surface area contributed by atoms with Crippen molar-refractivity contribution in [1.82, 2.24) is 15.3 Å². The average molecular weight is 280 g/mol. The van der Waals surface area contributed by atoms with Crippen LogP contribution in [0.2, 0.25) is 0 Å². The SMILES string of the molecule is c1cc2c(c(-c3cncc(NC4CCNC4)n3)c1)CCC2. The number of nitrogens with zero attached hydrogens (tertiary/aromatic N) is 2. The maximum atomic E-state index is 4.78. The van der Waals surface area contributed by atoms with Crippen LogP contribution in [-0.4, -0.2) is 29.1 Å². The van der Waals surface area contributed by atoms with Gasteiger partial charge in [-0.2, -0.15) is 0 Å². The number of anilines is 1. The fraction of sp³-hybridized carbons (Fsp3) is 0.412. The minimum atomic E-state index is 0.469. The van der Waals surface area contributed by atoms with Gasteiger partial charge in [0.15, 0.2) is 0 Å². The van der Waals surface area contributed by atoms with Gasteiger partial charge < -0.3 is 10.6 Å². The lowest BCUT2D eigenvalue weighted by atomic mass is 10.0. The molecule has 2 heterocycles. The first-order valence-electron chi connectivity index (χ1n) is 7.80. The first-order chi connectivity index (χ1) is 10.4. The predicted molar refractivity (Wildman–Crippen MR) is 84.4 cm³/mol. The van der Waals surface area contributed by atoms with Gasteiger partial charge in [-0.3, -0.25) is 4.98 Å². The number of rotatable bonds is 3. The van der Waals surface area contributed by atoms with Gasteiger partial charge in [-0.25, -0.2) is 4.98 Å². The highest BCUT2D eigenvalue weighted by molar-refractivity contribution is 5.66. The molecule has 108 valence electrons. The van der Waals surface area contributed by atoms with Crippen LogP contribution in [0.4, 0.5) is 5.82 Å². The predicted octanol–water partition coefficient (Wildman–Crippen LogP) is 2.41. The van der Waals surface area contributed by atoms with Crippen LogP contribution in [0.3, 0.4) is 0 Å². The molecule has 2 aromatic rings. The summed E-state index contributed by atoms with van der Waals surface area (Å²) in [5, 5.41) is 6.84. The molecule has 4 nitrogen and oxygen atoms in total. The van der Waals surface area contributed by atoms with Gasteiger partial charge in [-0.1, -0.05) is 18.2 Å². The quantitative estimate of drug-likeness (QED) is 0.906. The second-order valence-electron chi connectivity index (χ2n) is 5.92. The van der Waals surface area contributed by atoms with E-state index < -0.39 is 0 Å². The fourth-order valence-electron chi connectivity index (χ4n) is 3.41. The van der Waals surface area contributed by atoms with Crippen LogP contribution in [0.25, 0.3) is 11.3 Å². The fourth-order valence-corrected chi connectivity index (χ4v) is 3.41. The van der Waals surface area contributed by atoms with E-state index in [1.54, 1.807) is 0 Å². The van der Waals surface area contributed by atoms with Gasteiger partial charge in [-0.05, 0) is 43.4 Å². The number of hydrogen-bond acceptors (Lipinski definition) is 4. The van der Waals surface area contributed by atoms with Crippen LogP contribution in [0, 0.1) is 0 Å². The number of aromatic nitrogens is 2. The Labute approximate surface area is 125 Å². The largest absolute Gasteiger partial charge is 0.365 e. The van der Waals surface area contributed by atoms with Crippen LogP contribution in [0.1, 0.15) is 24.0 Å². The molecule has 0 amide bonds. The van der Waals surface area contributed by atoms with E-state index in [1.807, 2.05) is 12.4 Å². The maximum absolute atomic E-state index is 4.78. The first-order valence-corrected chi connectivity index (χ1v) is 7.80. The highest BCUT2D eigenvalue weighted by Gasteiger charge is 2.18. The van der Waals surface area contributed by atoms with E-state index in [0.717, 1.165) is 37.4 Å². The molecule has 2 aliphatic rings. The Bertz CT molecular complexity index is 647. The molecule has 4 heteroatoms. The summed E-state index contributed by atoms with van der Waals surface area (Å²) in [6.07, 6.45) is 8.47. The number of benzene rings is 1. The van der Waals surface area contributed by atoms with Crippen molar-refractivity contribution in [2.24, 2.45) is 0 Å². The third-order valence-electron chi connectivity index (χ3n) is 4.47. The van der Waals surface area contributed by atoms with E-state index in [9.17, 15) is 0 Å². The summed E-state index contributed by atoms with van der Waals surface area (Å²) < 4.78 is 0. The Morgan fingerprint density at radius 3 is 3.10 bits per heavy atom. The Kier molecular flexibility index (Phi) is 3.31. The van der Waals surface area contributed by atoms with Crippen LogP contribution in [0.5, 0.6) is 0 Å². The van der Waals surface area contributed by atoms with Crippen molar-refractivity contribution >= 4 is 5.82 Å². The second kappa shape index (κ2) is 5.45. The Balaban J connectivity index is 1.65. The van der Waals surface area contributed by atoms with Crippen LogP contribution < -0.4 is 10.6 Å². The number of nitrogens with one attached hydrogen (secondary N) is 2. The van der Waals surface area contributed by atoms with E-state index in [2.05, 4.69) is 33.8 Å². The minimum Gasteiger partial charge on any atom is -0.365 e. The summed E-state index contributed by atoms with van der Waals surface area (Å²) in [7, 11) is 0. The lowest BCUT2D eigenvalue weighted by molar-refractivity contribution is 0.787. The zero-order valence-corrected chi connectivity index (χ0v) is 12.1. The molecule has 1 atom stereocenters. The summed E-state index contributed by atoms with van der Waals surface area (Å²) in [6, 6.07) is 7.03. The molecule has 1 saturated heterocycles. The third kappa shape index (κ3) is 2.51. The number of fused-ring (bicyclic) bond motifs is 1. The van der Waals surface area contributed by atoms with Gasteiger partial charge in [0.25, 0.3) is 0 Å². The van der Waals surface area contributed by atoms with Gasteiger partial charge >= 0.3 is 0 Å². The smallest absolute Gasteiger partial charge is 0.145 e. The molecular weight excluding hydrogens is 260 g/mol. The monoisotopic (exact) mass is 280 g/mol. The van der Waals surface area contributed by atoms with Gasteiger partial charge in [0, 0.05) is 18.2 Å². The molecule has 0 radical (unpaired) electrons. The van der Waals surface area contributed by atoms with Crippen LogP contribution >= 0.6 is 0 Å². The van der Waals surface area contributed by atoms with E-state index >= 15 is 0 Å². The van der Waals surface area contributed by atoms with E-state index in [-0.39, 0.29) is 0 Å². The van der Waals surface area contributed by atoms with Crippen LogP contribution in [0.15, 0.2) is 30.6 Å². The van der Waals surface area contributed by atoms with E-state index in [1.165, 1.54) is 29.5 Å². The molecule has 0 spiro atoms. The standard InChI is InChI=1S/C17H20N4/c1-3-12-4-2-6-15(14(12)5-1)16-10-19-11-17(21-16)20-13-7-8-18-9-13/h2,4,6,10-11,13,18H,1,3,5,7-9H2,(H,20,21). The van der Waals surface area contributed by atoms with E-state index in [0.29, 0.717) is 6.04 Å². The maximum Gasteiger partial charge on any atom is 0.145 e. The Hall–Kier alpha value is -1.94. The van der Waals surface area contributed by atoms with Gasteiger partial charge in [0.2, 0.25) is 0 Å². The summed E-state index contributed by atoms with van der Waals surface area (Å²) in [5.74, 6) is 0.886. The lowest BCUT2D eigenvalue weighted by Crippen LogP contribution is -2.22. The number of aryl methyl sites for hydroxylation is 1. The molecular formula is C17H20N4. The normalized spacial score (nSPS) is 20.5. The molecule has 1 aromatic heterocycles. The highest BCUT2D eigenvalue weighted by atomic mass is 15.1. The molecule has 1 aliphatic carbocycles. The van der Waals surface area contributed by atoms with Crippen molar-refractivity contribution in [2.75, 3.05) is 18.4 Å².